The fourth-order valence-corrected chi connectivity index (χ4v) is 15.6. The van der Waals surface area contributed by atoms with Crippen molar-refractivity contribution >= 4 is 119 Å². The Balaban J connectivity index is 0.000000160. The quantitative estimate of drug-likeness (QED) is 0.0467. The van der Waals surface area contributed by atoms with E-state index in [1.165, 1.54) is 0 Å². The van der Waals surface area contributed by atoms with Crippen LogP contribution in [-0.2, 0) is 0 Å². The van der Waals surface area contributed by atoms with Gasteiger partial charge in [-0.05, 0) is 151 Å². The first-order valence-electron chi connectivity index (χ1n) is 36.7. The first-order valence-corrected chi connectivity index (χ1v) is 39.1. The summed E-state index contributed by atoms with van der Waals surface area (Å²) in [6.07, 6.45) is 10.0. The average molecular weight is 1550 g/mol. The van der Waals surface area contributed by atoms with E-state index >= 15 is 0 Å². The Labute approximate surface area is 654 Å². The van der Waals surface area contributed by atoms with Crippen molar-refractivity contribution in [3.8, 4) is 0 Å². The Bertz CT molecular complexity index is 4840. The van der Waals surface area contributed by atoms with E-state index in [4.69, 9.17) is 28.7 Å². The molecule has 0 amide bonds. The number of hydrogen-bond donors (Lipinski definition) is 10. The van der Waals surface area contributed by atoms with E-state index in [2.05, 4.69) is 108 Å². The van der Waals surface area contributed by atoms with Crippen LogP contribution in [0.5, 0.6) is 0 Å². The number of aromatic nitrogens is 10. The zero-order chi connectivity index (χ0) is 77.8. The number of carbonyl (C=O) groups is 5. The van der Waals surface area contributed by atoms with Gasteiger partial charge in [0, 0.05) is 166 Å². The van der Waals surface area contributed by atoms with Crippen LogP contribution in [0.15, 0.2) is 116 Å². The van der Waals surface area contributed by atoms with E-state index in [0.717, 1.165) is 190 Å². The molecule has 1 atom stereocenters. The Hall–Kier alpha value is -10.9. The maximum absolute atomic E-state index is 12.8. The number of aryl methyl sites for hydroxylation is 5. The van der Waals surface area contributed by atoms with Gasteiger partial charge in [0.15, 0.2) is 15.4 Å². The number of rotatable bonds is 15. The molecule has 110 heavy (non-hydrogen) atoms. The van der Waals surface area contributed by atoms with Crippen molar-refractivity contribution < 1.29 is 26.8 Å². The van der Waals surface area contributed by atoms with Crippen molar-refractivity contribution in [1.29, 1.82) is 0 Å². The first kappa shape index (κ1) is 80.1. The van der Waals surface area contributed by atoms with Gasteiger partial charge in [-0.3, -0.25) is 24.0 Å². The summed E-state index contributed by atoms with van der Waals surface area (Å²) in [7, 11) is 0. The minimum absolute atomic E-state index is 0. The lowest BCUT2D eigenvalue weighted by atomic mass is 10.0. The predicted molar refractivity (Wildman–Crippen MR) is 442 cm³/mol. The Morgan fingerprint density at radius 1 is 0.355 bits per heavy atom. The van der Waals surface area contributed by atoms with Gasteiger partial charge in [0.1, 0.15) is 69.2 Å². The summed E-state index contributed by atoms with van der Waals surface area (Å²) in [5.41, 5.74) is 35.1. The van der Waals surface area contributed by atoms with Crippen LogP contribution in [0, 0.1) is 34.6 Å². The number of nitrogens with zero attached hydrogens (tertiary/aromatic N) is 15. The molecule has 33 heteroatoms. The second kappa shape index (κ2) is 38.4. The molecule has 5 aliphatic rings. The van der Waals surface area contributed by atoms with Crippen molar-refractivity contribution in [2.45, 2.75) is 60.4 Å². The molecule has 580 valence electrons. The van der Waals surface area contributed by atoms with Gasteiger partial charge < -0.3 is 79.8 Å². The third-order valence-electron chi connectivity index (χ3n) is 18.9. The van der Waals surface area contributed by atoms with Crippen LogP contribution in [0.1, 0.15) is 129 Å². The van der Waals surface area contributed by atoms with Crippen LogP contribution in [0.25, 0.3) is 0 Å². The number of ketones is 5. The fourth-order valence-electron chi connectivity index (χ4n) is 12.7. The summed E-state index contributed by atoms with van der Waals surface area (Å²) < 4.78 is 0. The topological polar surface area (TPSA) is 421 Å². The average Bonchev–Trinajstić information content (AvgIpc) is 1.70. The second-order valence-electron chi connectivity index (χ2n) is 26.6. The number of hydrogen-bond acceptors (Lipinski definition) is 33. The normalized spacial score (nSPS) is 15.9. The van der Waals surface area contributed by atoms with Crippen LogP contribution in [0.4, 0.5) is 56.1 Å². The van der Waals surface area contributed by atoms with Crippen molar-refractivity contribution in [2.75, 3.05) is 178 Å². The molecule has 0 aromatic carbocycles. The van der Waals surface area contributed by atoms with Gasteiger partial charge in [-0.1, -0.05) is 12.1 Å². The van der Waals surface area contributed by atoms with Gasteiger partial charge in [-0.2, -0.15) is 0 Å². The van der Waals surface area contributed by atoms with Crippen LogP contribution in [0.2, 0.25) is 0 Å². The molecule has 0 radical (unpaired) electrons. The fraction of sp³-hybridized carbons (Fsp3) is 0.364. The maximum atomic E-state index is 12.8. The highest BCUT2D eigenvalue weighted by atomic mass is 32.1. The van der Waals surface area contributed by atoms with Crippen molar-refractivity contribution in [3.05, 3.63) is 198 Å². The van der Waals surface area contributed by atoms with Gasteiger partial charge in [0.25, 0.3) is 0 Å². The van der Waals surface area contributed by atoms with Crippen molar-refractivity contribution in [3.63, 3.8) is 0 Å². The van der Waals surface area contributed by atoms with Gasteiger partial charge in [0.2, 0.25) is 28.9 Å². The van der Waals surface area contributed by atoms with Gasteiger partial charge >= 0.3 is 0 Å². The lowest BCUT2D eigenvalue weighted by molar-refractivity contribution is 0.102. The molecule has 15 rings (SSSR count). The predicted octanol–water partition coefficient (Wildman–Crippen LogP) is 6.88. The summed E-state index contributed by atoms with van der Waals surface area (Å²) in [6, 6.07) is 25.2. The molecule has 10 aromatic heterocycles. The minimum atomic E-state index is -0.180. The highest BCUT2D eigenvalue weighted by molar-refractivity contribution is 7.16. The molecule has 10 aromatic rings. The molecule has 5 aliphatic heterocycles. The maximum Gasteiger partial charge on any atom is 0.216 e. The smallest absolute Gasteiger partial charge is 0.216 e. The van der Waals surface area contributed by atoms with E-state index in [1.54, 1.807) is 126 Å². The van der Waals surface area contributed by atoms with Gasteiger partial charge in [-0.15, -0.1) is 34.0 Å². The van der Waals surface area contributed by atoms with Crippen molar-refractivity contribution in [1.82, 2.24) is 76.4 Å². The first-order chi connectivity index (χ1) is 53.2. The molecule has 0 unspecified atom stereocenters. The third kappa shape index (κ3) is 20.1. The van der Waals surface area contributed by atoms with E-state index < -0.39 is 0 Å². The molecular weight excluding hydrogens is 1450 g/mol. The minimum Gasteiger partial charge on any atom is -0.383 e. The van der Waals surface area contributed by atoms with Crippen LogP contribution in [-0.4, -0.2) is 209 Å². The zero-order valence-electron chi connectivity index (χ0n) is 62.8. The summed E-state index contributed by atoms with van der Waals surface area (Å²) in [4.78, 5) is 120. The highest BCUT2D eigenvalue weighted by Crippen LogP contribution is 2.33. The molecule has 15 heterocycles. The molecule has 0 aliphatic carbocycles. The second-order valence-corrected chi connectivity index (χ2v) is 30.1. The third-order valence-corrected chi connectivity index (χ3v) is 21.9. The lowest BCUT2D eigenvalue weighted by Gasteiger charge is -2.33. The number of nitrogens with one attached hydrogen (secondary N) is 5. The number of anilines is 10. The van der Waals surface area contributed by atoms with Gasteiger partial charge in [-0.25, -0.2) is 49.8 Å². The summed E-state index contributed by atoms with van der Waals surface area (Å²) in [5.74, 6) is 2.06. The number of nitrogens with two attached hydrogens (primary N) is 5. The number of piperazine rings is 3. The van der Waals surface area contributed by atoms with E-state index in [-0.39, 0.29) is 60.9 Å². The summed E-state index contributed by atoms with van der Waals surface area (Å²) in [5, 5.41) is 19.4. The molecule has 15 N–H and O–H groups in total. The number of thiazole rings is 3. The highest BCUT2D eigenvalue weighted by Gasteiger charge is 2.29. The Morgan fingerprint density at radius 2 is 0.645 bits per heavy atom. The summed E-state index contributed by atoms with van der Waals surface area (Å²) in [6.45, 7) is 29.4. The standard InChI is InChI=1S/C17H21N5O.C16H19N5O.2C15H19N5OS.C14H17N5OS.2H2/c1-12-5-6-14(22-10-3-7-19-9-11-22)21-15(12)16(23)13-4-2-8-20-17(13)18;1-11-4-5-13(21-9-7-18-8-10-21)20-14(11)15(22)12-3-2-6-19-16(12)17;1-9-8-17-6-7-20(9)15-19-12(10(2)22-15)13(21)11-4-3-5-18-14(11)16;1-10-12(13(21)11-4-2-6-18-14(11)16)19-15(22-10)20-8-3-5-17-7-9-20;1-9-11(12(20)10-3-2-4-17-13(10)15)18-14(21-9)19-7-5-16-6-8-19;;/h2,4-6,8,19H,3,7,9-11H2,1H3,(H2,18,20);2-6,18H,7-10H2,1H3,(H2,17,19);3-5,9,17H,6-8H2,1-2H3,(H2,16,18);2,4,6,17H,3,5,7-9H2,1H3,(H2,16,18);2-4,16H,5-8H2,1H3,(H2,15,17);2*1H/t;;9-;;;;/m..1..../s1. The van der Waals surface area contributed by atoms with Crippen LogP contribution in [0.3, 0.4) is 0 Å². The Morgan fingerprint density at radius 3 is 1.00 bits per heavy atom. The molecule has 5 fully saturated rings. The number of pyridine rings is 7. The van der Waals surface area contributed by atoms with E-state index in [9.17, 15) is 24.0 Å². The largest absolute Gasteiger partial charge is 0.383 e. The van der Waals surface area contributed by atoms with Crippen molar-refractivity contribution in [2.24, 2.45) is 0 Å². The monoisotopic (exact) mass is 1550 g/mol. The van der Waals surface area contributed by atoms with Crippen LogP contribution >= 0.6 is 34.0 Å². The molecule has 0 spiro atoms. The lowest BCUT2D eigenvalue weighted by Crippen LogP contribution is -2.49. The molecular formula is C77H99N25O5S3. The molecule has 5 saturated heterocycles. The van der Waals surface area contributed by atoms with E-state index in [1.807, 2.05) is 58.9 Å². The molecule has 30 nitrogen and oxygen atoms in total. The molecule has 0 saturated carbocycles. The number of carbonyl (C=O) groups excluding carboxylic acids is 5. The molecule has 0 bridgehead atoms. The van der Waals surface area contributed by atoms with Crippen LogP contribution < -0.4 is 79.8 Å². The number of nitrogen functional groups attached to an aromatic ring is 5. The van der Waals surface area contributed by atoms with E-state index in [0.29, 0.717) is 62.3 Å². The summed E-state index contributed by atoms with van der Waals surface area (Å²) >= 11 is 4.68. The zero-order valence-corrected chi connectivity index (χ0v) is 65.2. The Kier molecular flexibility index (Phi) is 28.0. The SMILES string of the molecule is Cc1ccc(N2CCCNCC2)nc1C(=O)c1cccnc1N.Cc1ccc(N2CCNCC2)nc1C(=O)c1cccnc1N.Cc1sc(N2CCCNCC2)nc1C(=O)c1cccnc1N.Cc1sc(N2CCNCC2)nc1C(=O)c1cccnc1N.Cc1sc(N2CCNC[C@H]2C)nc1C(=O)c1cccnc1N.[HH].[HH]. The van der Waals surface area contributed by atoms with Gasteiger partial charge in [0.05, 0.1) is 27.8 Å².